The summed E-state index contributed by atoms with van der Waals surface area (Å²) >= 11 is 0. The number of ether oxygens (including phenoxy) is 2. The van der Waals surface area contributed by atoms with E-state index in [1.54, 1.807) is 14.2 Å². The van der Waals surface area contributed by atoms with Crippen LogP contribution in [-0.2, 0) is 9.59 Å². The fraction of sp³-hybridized carbons (Fsp3) is 0.579. The van der Waals surface area contributed by atoms with Crippen LogP contribution in [0.2, 0.25) is 0 Å². The molecule has 0 aliphatic carbocycles. The molecule has 7 heteroatoms. The maximum atomic E-state index is 12.1. The van der Waals surface area contributed by atoms with Gasteiger partial charge in [0.05, 0.1) is 20.3 Å². The minimum atomic E-state index is -0.127. The van der Waals surface area contributed by atoms with Crippen molar-refractivity contribution in [2.45, 2.75) is 32.2 Å². The molecule has 1 unspecified atom stereocenters. The van der Waals surface area contributed by atoms with Crippen LogP contribution in [0.1, 0.15) is 37.8 Å². The molecule has 1 aliphatic rings. The fourth-order valence-corrected chi connectivity index (χ4v) is 3.22. The van der Waals surface area contributed by atoms with E-state index in [0.29, 0.717) is 24.6 Å². The number of carbonyl (C=O) groups is 2. The molecule has 0 aromatic heterocycles. The van der Waals surface area contributed by atoms with Crippen LogP contribution in [0.25, 0.3) is 0 Å². The highest BCUT2D eigenvalue weighted by Gasteiger charge is 2.25. The Morgan fingerprint density at radius 1 is 1.12 bits per heavy atom. The molecule has 1 fully saturated rings. The number of carbonyl (C=O) groups excluding carboxylic acids is 2. The van der Waals surface area contributed by atoms with Gasteiger partial charge in [-0.25, -0.2) is 0 Å². The Balaban J connectivity index is 2.04. The normalized spacial score (nSPS) is 15.3. The SMILES string of the molecule is COc1ccc(C(CNC(=O)CCNC(C)=O)N2CCCC2)cc1OC. The van der Waals surface area contributed by atoms with E-state index in [2.05, 4.69) is 15.5 Å². The van der Waals surface area contributed by atoms with Gasteiger partial charge in [-0.05, 0) is 43.6 Å². The maximum Gasteiger partial charge on any atom is 0.221 e. The summed E-state index contributed by atoms with van der Waals surface area (Å²) in [6.07, 6.45) is 2.61. The highest BCUT2D eigenvalue weighted by Crippen LogP contribution is 2.33. The molecule has 144 valence electrons. The first-order valence-electron chi connectivity index (χ1n) is 9.02. The summed E-state index contributed by atoms with van der Waals surface area (Å²) < 4.78 is 10.7. The summed E-state index contributed by atoms with van der Waals surface area (Å²) in [5.41, 5.74) is 1.09. The lowest BCUT2D eigenvalue weighted by Crippen LogP contribution is -2.37. The van der Waals surface area contributed by atoms with Gasteiger partial charge < -0.3 is 20.1 Å². The summed E-state index contributed by atoms with van der Waals surface area (Å²) in [5.74, 6) is 1.18. The van der Waals surface area contributed by atoms with Crippen LogP contribution in [0.5, 0.6) is 11.5 Å². The molecule has 2 amide bonds. The first-order chi connectivity index (χ1) is 12.5. The Kier molecular flexibility index (Phi) is 7.72. The number of nitrogens with one attached hydrogen (secondary N) is 2. The molecular formula is C19H29N3O4. The van der Waals surface area contributed by atoms with E-state index in [1.807, 2.05) is 18.2 Å². The zero-order valence-electron chi connectivity index (χ0n) is 15.8. The number of nitrogens with zero attached hydrogens (tertiary/aromatic N) is 1. The Labute approximate surface area is 155 Å². The van der Waals surface area contributed by atoms with Gasteiger partial charge in [0.15, 0.2) is 11.5 Å². The van der Waals surface area contributed by atoms with Crippen molar-refractivity contribution in [3.63, 3.8) is 0 Å². The first-order valence-corrected chi connectivity index (χ1v) is 9.02. The Morgan fingerprint density at radius 3 is 2.42 bits per heavy atom. The van der Waals surface area contributed by atoms with Crippen molar-refractivity contribution < 1.29 is 19.1 Å². The zero-order chi connectivity index (χ0) is 18.9. The van der Waals surface area contributed by atoms with Gasteiger partial charge in [-0.1, -0.05) is 6.07 Å². The van der Waals surface area contributed by atoms with Gasteiger partial charge in [0, 0.05) is 26.4 Å². The van der Waals surface area contributed by atoms with Crippen LogP contribution in [0.15, 0.2) is 18.2 Å². The number of rotatable bonds is 9. The Morgan fingerprint density at radius 2 is 1.81 bits per heavy atom. The van der Waals surface area contributed by atoms with Crippen LogP contribution in [-0.4, -0.2) is 57.1 Å². The van der Waals surface area contributed by atoms with Crippen molar-refractivity contribution in [2.75, 3.05) is 40.4 Å². The molecule has 0 bridgehead atoms. The van der Waals surface area contributed by atoms with Crippen molar-refractivity contribution in [1.82, 2.24) is 15.5 Å². The third kappa shape index (κ3) is 5.62. The Bertz CT molecular complexity index is 615. The molecule has 2 N–H and O–H groups in total. The number of methoxy groups -OCH3 is 2. The number of likely N-dealkylation sites (tertiary alicyclic amines) is 1. The lowest BCUT2D eigenvalue weighted by Gasteiger charge is -2.28. The van der Waals surface area contributed by atoms with E-state index in [1.165, 1.54) is 19.8 Å². The predicted octanol–water partition coefficient (Wildman–Crippen LogP) is 1.48. The van der Waals surface area contributed by atoms with Crippen LogP contribution in [0, 0.1) is 0 Å². The molecule has 1 aromatic carbocycles. The van der Waals surface area contributed by atoms with Gasteiger partial charge in [-0.2, -0.15) is 0 Å². The maximum absolute atomic E-state index is 12.1. The highest BCUT2D eigenvalue weighted by atomic mass is 16.5. The summed E-state index contributed by atoms with van der Waals surface area (Å²) in [7, 11) is 3.24. The first kappa shape index (κ1) is 20.0. The van der Waals surface area contributed by atoms with Gasteiger partial charge in [-0.3, -0.25) is 14.5 Å². The largest absolute Gasteiger partial charge is 0.493 e. The lowest BCUT2D eigenvalue weighted by atomic mass is 10.0. The van der Waals surface area contributed by atoms with E-state index in [-0.39, 0.29) is 24.3 Å². The average Bonchev–Trinajstić information content (AvgIpc) is 3.15. The van der Waals surface area contributed by atoms with E-state index >= 15 is 0 Å². The molecule has 1 aliphatic heterocycles. The molecule has 1 atom stereocenters. The van der Waals surface area contributed by atoms with Gasteiger partial charge in [0.1, 0.15) is 0 Å². The standard InChI is InChI=1S/C19H29N3O4/c1-14(23)20-9-8-19(24)21-13-16(22-10-4-5-11-22)15-6-7-17(25-2)18(12-15)26-3/h6-7,12,16H,4-5,8-11,13H2,1-3H3,(H,20,23)(H,21,24). The number of hydrogen-bond donors (Lipinski definition) is 2. The molecule has 0 saturated carbocycles. The minimum absolute atomic E-state index is 0.0663. The van der Waals surface area contributed by atoms with Crippen molar-refractivity contribution in [3.8, 4) is 11.5 Å². The molecule has 1 saturated heterocycles. The minimum Gasteiger partial charge on any atom is -0.493 e. The molecule has 0 radical (unpaired) electrons. The summed E-state index contributed by atoms with van der Waals surface area (Å²) in [4.78, 5) is 25.3. The third-order valence-electron chi connectivity index (χ3n) is 4.59. The van der Waals surface area contributed by atoms with Crippen LogP contribution in [0.4, 0.5) is 0 Å². The monoisotopic (exact) mass is 363 g/mol. The topological polar surface area (TPSA) is 79.9 Å². The smallest absolute Gasteiger partial charge is 0.221 e. The third-order valence-corrected chi connectivity index (χ3v) is 4.59. The number of benzene rings is 1. The second kappa shape index (κ2) is 10.0. The second-order valence-electron chi connectivity index (χ2n) is 6.41. The molecule has 1 heterocycles. The van der Waals surface area contributed by atoms with E-state index in [4.69, 9.17) is 9.47 Å². The van der Waals surface area contributed by atoms with E-state index < -0.39 is 0 Å². The molecule has 1 aromatic rings. The Hall–Kier alpha value is -2.28. The van der Waals surface area contributed by atoms with Crippen LogP contribution in [0.3, 0.4) is 0 Å². The summed E-state index contributed by atoms with van der Waals surface area (Å²) in [5, 5.41) is 5.63. The number of amides is 2. The van der Waals surface area contributed by atoms with Crippen molar-refractivity contribution in [3.05, 3.63) is 23.8 Å². The summed E-state index contributed by atoms with van der Waals surface area (Å²) in [6.45, 7) is 4.35. The molecule has 0 spiro atoms. The van der Waals surface area contributed by atoms with Crippen molar-refractivity contribution >= 4 is 11.8 Å². The van der Waals surface area contributed by atoms with Gasteiger partial charge >= 0.3 is 0 Å². The van der Waals surface area contributed by atoms with E-state index in [9.17, 15) is 9.59 Å². The highest BCUT2D eigenvalue weighted by molar-refractivity contribution is 5.77. The van der Waals surface area contributed by atoms with E-state index in [0.717, 1.165) is 18.7 Å². The fourth-order valence-electron chi connectivity index (χ4n) is 3.22. The van der Waals surface area contributed by atoms with Crippen LogP contribution >= 0.6 is 0 Å². The van der Waals surface area contributed by atoms with Gasteiger partial charge in [-0.15, -0.1) is 0 Å². The molecule has 2 rings (SSSR count). The molecule has 7 nitrogen and oxygen atoms in total. The zero-order valence-corrected chi connectivity index (χ0v) is 15.8. The predicted molar refractivity (Wildman–Crippen MR) is 99.4 cm³/mol. The average molecular weight is 363 g/mol. The second-order valence-corrected chi connectivity index (χ2v) is 6.41. The van der Waals surface area contributed by atoms with Gasteiger partial charge in [0.25, 0.3) is 0 Å². The lowest BCUT2D eigenvalue weighted by molar-refractivity contribution is -0.121. The summed E-state index contributed by atoms with van der Waals surface area (Å²) in [6, 6.07) is 5.98. The quantitative estimate of drug-likeness (QED) is 0.695. The van der Waals surface area contributed by atoms with Crippen molar-refractivity contribution in [1.29, 1.82) is 0 Å². The van der Waals surface area contributed by atoms with Gasteiger partial charge in [0.2, 0.25) is 11.8 Å². The molecular weight excluding hydrogens is 334 g/mol. The van der Waals surface area contributed by atoms with Crippen LogP contribution < -0.4 is 20.1 Å². The number of hydrogen-bond acceptors (Lipinski definition) is 5. The van der Waals surface area contributed by atoms with Crippen molar-refractivity contribution in [2.24, 2.45) is 0 Å². The molecule has 26 heavy (non-hydrogen) atoms.